The summed E-state index contributed by atoms with van der Waals surface area (Å²) in [5, 5.41) is 0.961. The van der Waals surface area contributed by atoms with E-state index in [4.69, 9.17) is 4.42 Å². The van der Waals surface area contributed by atoms with Crippen LogP contribution in [0.1, 0.15) is 27.2 Å². The highest BCUT2D eigenvalue weighted by molar-refractivity contribution is 9.10. The van der Waals surface area contributed by atoms with Crippen LogP contribution in [0.3, 0.4) is 0 Å². The van der Waals surface area contributed by atoms with Gasteiger partial charge in [-0.3, -0.25) is 4.79 Å². The minimum absolute atomic E-state index is 0.0781. The first-order valence-corrected chi connectivity index (χ1v) is 7.15. The van der Waals surface area contributed by atoms with Crippen molar-refractivity contribution < 1.29 is 9.21 Å². The lowest BCUT2D eigenvalue weighted by molar-refractivity contribution is 0.101. The summed E-state index contributed by atoms with van der Waals surface area (Å²) in [6.45, 7) is 3.90. The van der Waals surface area contributed by atoms with Crippen molar-refractivity contribution in [2.45, 2.75) is 13.8 Å². The minimum atomic E-state index is -0.0781. The third kappa shape index (κ3) is 2.18. The molecule has 2 nitrogen and oxygen atoms in total. The van der Waals surface area contributed by atoms with E-state index in [0.717, 1.165) is 26.6 Å². The van der Waals surface area contributed by atoms with Gasteiger partial charge in [0.15, 0.2) is 5.76 Å². The Balaban J connectivity index is 2.10. The molecule has 3 rings (SSSR count). The molecule has 0 unspecified atom stereocenters. The van der Waals surface area contributed by atoms with E-state index < -0.39 is 0 Å². The molecule has 20 heavy (non-hydrogen) atoms. The van der Waals surface area contributed by atoms with Crippen LogP contribution in [0.4, 0.5) is 0 Å². The molecule has 0 aliphatic heterocycles. The van der Waals surface area contributed by atoms with Crippen LogP contribution in [0.2, 0.25) is 0 Å². The fourth-order valence-electron chi connectivity index (χ4n) is 2.34. The second-order valence-electron chi connectivity index (χ2n) is 4.89. The number of benzene rings is 2. The zero-order valence-corrected chi connectivity index (χ0v) is 12.8. The van der Waals surface area contributed by atoms with Gasteiger partial charge >= 0.3 is 0 Å². The van der Waals surface area contributed by atoms with Gasteiger partial charge in [0, 0.05) is 15.4 Å². The summed E-state index contributed by atoms with van der Waals surface area (Å²) in [7, 11) is 0. The van der Waals surface area contributed by atoms with E-state index in [0.29, 0.717) is 11.3 Å². The first-order chi connectivity index (χ1) is 9.56. The molecule has 2 aromatic carbocycles. The largest absolute Gasteiger partial charge is 0.452 e. The quantitative estimate of drug-likeness (QED) is 0.616. The first-order valence-electron chi connectivity index (χ1n) is 6.36. The SMILES string of the molecule is Cc1cc(Br)ccc1C(=O)c1cc2cccc(C)c2o1. The van der Waals surface area contributed by atoms with E-state index in [1.807, 2.05) is 56.3 Å². The van der Waals surface area contributed by atoms with Crippen LogP contribution in [-0.2, 0) is 0 Å². The van der Waals surface area contributed by atoms with Crippen molar-refractivity contribution in [3.63, 3.8) is 0 Å². The number of ketones is 1. The molecule has 3 aromatic rings. The summed E-state index contributed by atoms with van der Waals surface area (Å²) in [6.07, 6.45) is 0. The van der Waals surface area contributed by atoms with Crippen LogP contribution in [0, 0.1) is 13.8 Å². The number of para-hydroxylation sites is 1. The molecule has 1 aromatic heterocycles. The Morgan fingerprint density at radius 2 is 1.85 bits per heavy atom. The second-order valence-corrected chi connectivity index (χ2v) is 5.81. The summed E-state index contributed by atoms with van der Waals surface area (Å²) < 4.78 is 6.70. The zero-order chi connectivity index (χ0) is 14.3. The molecule has 0 spiro atoms. The van der Waals surface area contributed by atoms with E-state index in [2.05, 4.69) is 15.9 Å². The fourth-order valence-corrected chi connectivity index (χ4v) is 2.81. The average molecular weight is 329 g/mol. The van der Waals surface area contributed by atoms with E-state index in [-0.39, 0.29) is 5.78 Å². The maximum atomic E-state index is 12.6. The Hall–Kier alpha value is -1.87. The molecule has 3 heteroatoms. The van der Waals surface area contributed by atoms with Crippen LogP contribution in [0.5, 0.6) is 0 Å². The van der Waals surface area contributed by atoms with Gasteiger partial charge in [-0.25, -0.2) is 0 Å². The molecular weight excluding hydrogens is 316 g/mol. The van der Waals surface area contributed by atoms with Crippen molar-refractivity contribution in [2.24, 2.45) is 0 Å². The number of carbonyl (C=O) groups is 1. The summed E-state index contributed by atoms with van der Waals surface area (Å²) in [5.74, 6) is 0.310. The van der Waals surface area contributed by atoms with Gasteiger partial charge in [-0.2, -0.15) is 0 Å². The smallest absolute Gasteiger partial charge is 0.228 e. The van der Waals surface area contributed by atoms with Crippen molar-refractivity contribution in [2.75, 3.05) is 0 Å². The lowest BCUT2D eigenvalue weighted by Crippen LogP contribution is -2.02. The first kappa shape index (κ1) is 13.1. The van der Waals surface area contributed by atoms with Crippen molar-refractivity contribution in [1.29, 1.82) is 0 Å². The number of carbonyl (C=O) groups excluding carboxylic acids is 1. The maximum Gasteiger partial charge on any atom is 0.228 e. The van der Waals surface area contributed by atoms with Crippen molar-refractivity contribution in [3.05, 3.63) is 69.4 Å². The Morgan fingerprint density at radius 1 is 1.05 bits per heavy atom. The molecule has 0 saturated heterocycles. The highest BCUT2D eigenvalue weighted by Crippen LogP contribution is 2.25. The Kier molecular flexibility index (Phi) is 3.22. The standard InChI is InChI=1S/C17H13BrO2/c1-10-4-3-5-12-9-15(20-17(10)12)16(19)14-7-6-13(18)8-11(14)2/h3-9H,1-2H3. The van der Waals surface area contributed by atoms with Gasteiger partial charge in [-0.1, -0.05) is 34.1 Å². The molecule has 0 atom stereocenters. The molecule has 0 amide bonds. The number of furan rings is 1. The summed E-state index contributed by atoms with van der Waals surface area (Å²) in [6, 6.07) is 13.3. The van der Waals surface area contributed by atoms with Gasteiger partial charge in [0.05, 0.1) is 0 Å². The number of hydrogen-bond acceptors (Lipinski definition) is 2. The predicted molar refractivity (Wildman–Crippen MR) is 83.3 cm³/mol. The molecule has 0 bridgehead atoms. The predicted octanol–water partition coefficient (Wildman–Crippen LogP) is 5.04. The maximum absolute atomic E-state index is 12.6. The van der Waals surface area contributed by atoms with Gasteiger partial charge < -0.3 is 4.42 Å². The van der Waals surface area contributed by atoms with E-state index >= 15 is 0 Å². The summed E-state index contributed by atoms with van der Waals surface area (Å²) in [5.41, 5.74) is 3.42. The molecule has 0 fully saturated rings. The number of fused-ring (bicyclic) bond motifs is 1. The van der Waals surface area contributed by atoms with E-state index in [1.165, 1.54) is 0 Å². The van der Waals surface area contributed by atoms with E-state index in [9.17, 15) is 4.79 Å². The third-order valence-electron chi connectivity index (χ3n) is 3.40. The van der Waals surface area contributed by atoms with Crippen LogP contribution in [0.25, 0.3) is 11.0 Å². The van der Waals surface area contributed by atoms with Gasteiger partial charge in [0.25, 0.3) is 0 Å². The highest BCUT2D eigenvalue weighted by Gasteiger charge is 2.17. The number of halogens is 1. The molecule has 0 N–H and O–H groups in total. The normalized spacial score (nSPS) is 10.9. The topological polar surface area (TPSA) is 30.2 Å². The molecule has 1 heterocycles. The monoisotopic (exact) mass is 328 g/mol. The van der Waals surface area contributed by atoms with Crippen molar-refractivity contribution in [1.82, 2.24) is 0 Å². The molecule has 0 saturated carbocycles. The number of hydrogen-bond donors (Lipinski definition) is 0. The van der Waals surface area contributed by atoms with Gasteiger partial charge in [-0.05, 0) is 49.2 Å². The highest BCUT2D eigenvalue weighted by atomic mass is 79.9. The summed E-state index contributed by atoms with van der Waals surface area (Å²) in [4.78, 5) is 12.6. The Labute approximate surface area is 125 Å². The Morgan fingerprint density at radius 3 is 2.55 bits per heavy atom. The van der Waals surface area contributed by atoms with E-state index in [1.54, 1.807) is 0 Å². The van der Waals surface area contributed by atoms with Gasteiger partial charge in [0.1, 0.15) is 5.58 Å². The molecule has 0 aliphatic carbocycles. The third-order valence-corrected chi connectivity index (χ3v) is 3.89. The van der Waals surface area contributed by atoms with Gasteiger partial charge in [0.2, 0.25) is 5.78 Å². The number of rotatable bonds is 2. The molecule has 0 aliphatic rings. The van der Waals surface area contributed by atoms with Crippen LogP contribution < -0.4 is 0 Å². The summed E-state index contributed by atoms with van der Waals surface area (Å²) >= 11 is 3.40. The van der Waals surface area contributed by atoms with Crippen molar-refractivity contribution in [3.8, 4) is 0 Å². The fraction of sp³-hybridized carbons (Fsp3) is 0.118. The van der Waals surface area contributed by atoms with Crippen LogP contribution in [0.15, 0.2) is 51.4 Å². The van der Waals surface area contributed by atoms with Gasteiger partial charge in [-0.15, -0.1) is 0 Å². The molecule has 100 valence electrons. The number of aryl methyl sites for hydroxylation is 2. The van der Waals surface area contributed by atoms with Crippen molar-refractivity contribution >= 4 is 32.7 Å². The Bertz CT molecular complexity index is 815. The zero-order valence-electron chi connectivity index (χ0n) is 11.2. The second kappa shape index (κ2) is 4.91. The lowest BCUT2D eigenvalue weighted by Gasteiger charge is -2.03. The molecular formula is C17H13BrO2. The molecule has 0 radical (unpaired) electrons. The average Bonchev–Trinajstić information content (AvgIpc) is 2.83. The van der Waals surface area contributed by atoms with Crippen LogP contribution >= 0.6 is 15.9 Å². The lowest BCUT2D eigenvalue weighted by atomic mass is 10.0. The minimum Gasteiger partial charge on any atom is -0.452 e. The van der Waals surface area contributed by atoms with Crippen LogP contribution in [-0.4, -0.2) is 5.78 Å².